The van der Waals surface area contributed by atoms with Crippen molar-refractivity contribution >= 4 is 44.0 Å². The summed E-state index contributed by atoms with van der Waals surface area (Å²) in [5.74, 6) is 0. The van der Waals surface area contributed by atoms with Gasteiger partial charge in [0.15, 0.2) is 0 Å². The highest BCUT2D eigenvalue weighted by atomic mass is 79.9. The van der Waals surface area contributed by atoms with Crippen LogP contribution in [-0.4, -0.2) is 25.1 Å². The molecule has 0 bridgehead atoms. The Bertz CT molecular complexity index is 966. The Labute approximate surface area is 158 Å². The molecule has 25 heavy (non-hydrogen) atoms. The summed E-state index contributed by atoms with van der Waals surface area (Å²) < 4.78 is 16.7. The van der Waals surface area contributed by atoms with E-state index in [1.165, 1.54) is 0 Å². The van der Waals surface area contributed by atoms with Gasteiger partial charge in [-0.1, -0.05) is 22.0 Å². The molecule has 0 amide bonds. The number of pyridine rings is 2. The maximum absolute atomic E-state index is 12.1. The second kappa shape index (κ2) is 7.14. The molecule has 6 heteroatoms. The highest BCUT2D eigenvalue weighted by Gasteiger charge is 2.18. The van der Waals surface area contributed by atoms with Crippen molar-refractivity contribution in [3.05, 3.63) is 59.0 Å². The van der Waals surface area contributed by atoms with Crippen LogP contribution >= 0.6 is 15.9 Å². The van der Waals surface area contributed by atoms with Crippen molar-refractivity contribution in [3.63, 3.8) is 0 Å². The molecule has 3 rings (SSSR count). The van der Waals surface area contributed by atoms with Gasteiger partial charge in [-0.05, 0) is 62.2 Å². The lowest BCUT2D eigenvalue weighted by molar-refractivity contribution is 0.651. The molecule has 1 atom stereocenters. The molecular formula is C19H18BrN3OS. The normalized spacial score (nSPS) is 13.4. The molecule has 0 aliphatic rings. The molecule has 128 valence electrons. The van der Waals surface area contributed by atoms with Crippen molar-refractivity contribution in [1.82, 2.24) is 9.97 Å². The van der Waals surface area contributed by atoms with Gasteiger partial charge in [0.1, 0.15) is 11.0 Å². The summed E-state index contributed by atoms with van der Waals surface area (Å²) in [5, 5.41) is 1.02. The number of rotatable bonds is 3. The van der Waals surface area contributed by atoms with Gasteiger partial charge in [-0.25, -0.2) is 9.19 Å². The van der Waals surface area contributed by atoms with Crippen LogP contribution in [-0.2, 0) is 11.0 Å². The van der Waals surface area contributed by atoms with Gasteiger partial charge < -0.3 is 0 Å². The maximum Gasteiger partial charge on any atom is 0.144 e. The zero-order valence-corrected chi connectivity index (χ0v) is 16.6. The Hall–Kier alpha value is -1.92. The monoisotopic (exact) mass is 415 g/mol. The van der Waals surface area contributed by atoms with E-state index in [0.717, 1.165) is 26.5 Å². The van der Waals surface area contributed by atoms with Gasteiger partial charge >= 0.3 is 0 Å². The number of hydrogen-bond donors (Lipinski definition) is 0. The van der Waals surface area contributed by atoms with Crippen LogP contribution in [0.25, 0.3) is 22.0 Å². The van der Waals surface area contributed by atoms with Gasteiger partial charge in [0.2, 0.25) is 0 Å². The maximum atomic E-state index is 12.1. The largest absolute Gasteiger partial charge is 0.265 e. The molecule has 0 aliphatic heterocycles. The van der Waals surface area contributed by atoms with E-state index in [1.807, 2.05) is 51.1 Å². The summed E-state index contributed by atoms with van der Waals surface area (Å²) in [4.78, 5) is 8.65. The predicted octanol–water partition coefficient (Wildman–Crippen LogP) is 4.94. The number of halogens is 1. The third-order valence-corrected chi connectivity index (χ3v) is 5.60. The quantitative estimate of drug-likeness (QED) is 0.569. The molecule has 2 heterocycles. The van der Waals surface area contributed by atoms with Crippen LogP contribution in [0.3, 0.4) is 0 Å². The molecule has 3 aromatic rings. The zero-order chi connectivity index (χ0) is 18.0. The Balaban J connectivity index is 1.98. The van der Waals surface area contributed by atoms with Gasteiger partial charge in [0.05, 0.1) is 22.2 Å². The number of benzene rings is 1. The fourth-order valence-electron chi connectivity index (χ4n) is 2.25. The van der Waals surface area contributed by atoms with E-state index >= 15 is 0 Å². The average Bonchev–Trinajstić information content (AvgIpc) is 2.59. The van der Waals surface area contributed by atoms with Crippen LogP contribution in [0, 0.1) is 0 Å². The van der Waals surface area contributed by atoms with E-state index in [-0.39, 0.29) is 4.75 Å². The molecule has 0 saturated carbocycles. The molecule has 1 unspecified atom stereocenters. The number of nitrogens with zero attached hydrogens (tertiary/aromatic N) is 3. The van der Waals surface area contributed by atoms with Crippen LogP contribution in [0.15, 0.2) is 57.7 Å². The fourth-order valence-corrected chi connectivity index (χ4v) is 3.33. The smallest absolute Gasteiger partial charge is 0.144 e. The van der Waals surface area contributed by atoms with Crippen molar-refractivity contribution in [2.24, 2.45) is 4.40 Å². The molecule has 1 aromatic carbocycles. The van der Waals surface area contributed by atoms with E-state index in [0.29, 0.717) is 5.69 Å². The highest BCUT2D eigenvalue weighted by Crippen LogP contribution is 2.28. The van der Waals surface area contributed by atoms with Crippen LogP contribution in [0.4, 0.5) is 0 Å². The lowest BCUT2D eigenvalue weighted by atomic mass is 10.0. The average molecular weight is 416 g/mol. The molecule has 0 fully saturated rings. The minimum atomic E-state index is -1.30. The molecule has 0 spiro atoms. The lowest BCUT2D eigenvalue weighted by Crippen LogP contribution is -2.19. The second-order valence-corrected chi connectivity index (χ2v) is 9.38. The number of hydrogen-bond acceptors (Lipinski definition) is 3. The summed E-state index contributed by atoms with van der Waals surface area (Å²) in [6, 6.07) is 12.0. The van der Waals surface area contributed by atoms with E-state index in [2.05, 4.69) is 36.4 Å². The third-order valence-electron chi connectivity index (χ3n) is 3.60. The topological polar surface area (TPSA) is 55.2 Å². The first-order valence-electron chi connectivity index (χ1n) is 7.81. The minimum absolute atomic E-state index is 0.385. The van der Waals surface area contributed by atoms with Gasteiger partial charge in [-0.3, -0.25) is 4.98 Å². The van der Waals surface area contributed by atoms with Crippen LogP contribution < -0.4 is 0 Å². The second-order valence-electron chi connectivity index (χ2n) is 6.59. The Morgan fingerprint density at radius 2 is 1.80 bits per heavy atom. The van der Waals surface area contributed by atoms with Crippen molar-refractivity contribution < 1.29 is 4.21 Å². The molecule has 0 saturated heterocycles. The molecule has 2 aromatic heterocycles. The van der Waals surface area contributed by atoms with Crippen LogP contribution in [0.5, 0.6) is 0 Å². The molecule has 0 N–H and O–H groups in total. The lowest BCUT2D eigenvalue weighted by Gasteiger charge is -2.12. The van der Waals surface area contributed by atoms with E-state index in [4.69, 9.17) is 0 Å². The summed E-state index contributed by atoms with van der Waals surface area (Å²) in [5.41, 5.74) is 3.74. The SMILES string of the molecule is CC(C)(C)S(=O)N=Cc1cc(Br)c2cc(-c3ccncc3)ccc2n1. The Morgan fingerprint density at radius 1 is 1.08 bits per heavy atom. The standard InChI is InChI=1S/C19H18BrN3OS/c1-19(2,3)25(24)22-12-15-11-17(20)16-10-14(4-5-18(16)23-15)13-6-8-21-9-7-13/h4-12H,1-3H3. The summed E-state index contributed by atoms with van der Waals surface area (Å²) in [6.45, 7) is 5.68. The van der Waals surface area contributed by atoms with Crippen molar-refractivity contribution in [2.45, 2.75) is 25.5 Å². The van der Waals surface area contributed by atoms with E-state index < -0.39 is 11.0 Å². The van der Waals surface area contributed by atoms with Gasteiger partial charge in [0, 0.05) is 22.3 Å². The Morgan fingerprint density at radius 3 is 2.48 bits per heavy atom. The number of fused-ring (bicyclic) bond motifs is 1. The first-order chi connectivity index (χ1) is 11.8. The third kappa shape index (κ3) is 4.19. The summed E-state index contributed by atoms with van der Waals surface area (Å²) in [6.07, 6.45) is 5.13. The highest BCUT2D eigenvalue weighted by molar-refractivity contribution is 9.10. The molecule has 4 nitrogen and oxygen atoms in total. The van der Waals surface area contributed by atoms with Crippen LogP contribution in [0.1, 0.15) is 26.5 Å². The Kier molecular flexibility index (Phi) is 5.11. The summed E-state index contributed by atoms with van der Waals surface area (Å²) in [7, 11) is -1.30. The minimum Gasteiger partial charge on any atom is -0.265 e. The zero-order valence-electron chi connectivity index (χ0n) is 14.2. The van der Waals surface area contributed by atoms with Crippen molar-refractivity contribution in [1.29, 1.82) is 0 Å². The molecular weight excluding hydrogens is 398 g/mol. The fraction of sp³-hybridized carbons (Fsp3) is 0.211. The number of aromatic nitrogens is 2. The van der Waals surface area contributed by atoms with E-state index in [1.54, 1.807) is 18.6 Å². The van der Waals surface area contributed by atoms with Crippen molar-refractivity contribution in [3.8, 4) is 11.1 Å². The molecule has 0 aliphatic carbocycles. The molecule has 0 radical (unpaired) electrons. The van der Waals surface area contributed by atoms with Gasteiger partial charge in [-0.2, -0.15) is 4.40 Å². The summed E-state index contributed by atoms with van der Waals surface area (Å²) >= 11 is 3.61. The first kappa shape index (κ1) is 17.9. The van der Waals surface area contributed by atoms with E-state index in [9.17, 15) is 4.21 Å². The van der Waals surface area contributed by atoms with Gasteiger partial charge in [-0.15, -0.1) is 0 Å². The first-order valence-corrected chi connectivity index (χ1v) is 9.71. The van der Waals surface area contributed by atoms with Crippen LogP contribution in [0.2, 0.25) is 0 Å². The predicted molar refractivity (Wildman–Crippen MR) is 108 cm³/mol. The van der Waals surface area contributed by atoms with Gasteiger partial charge in [0.25, 0.3) is 0 Å². The van der Waals surface area contributed by atoms with Crippen molar-refractivity contribution in [2.75, 3.05) is 0 Å².